The summed E-state index contributed by atoms with van der Waals surface area (Å²) < 4.78 is 71.0. The fraction of sp³-hybridized carbons (Fsp3) is 0.235. The molecule has 2 aromatic rings. The molecule has 2 aromatic carbocycles. The van der Waals surface area contributed by atoms with Gasteiger partial charge in [-0.2, -0.15) is 18.4 Å². The van der Waals surface area contributed by atoms with Crippen molar-refractivity contribution >= 4 is 27.3 Å². The molecule has 0 bridgehead atoms. The van der Waals surface area contributed by atoms with E-state index in [1.54, 1.807) is 6.07 Å². The second kappa shape index (κ2) is 9.29. The summed E-state index contributed by atoms with van der Waals surface area (Å²) in [7, 11) is -4.19. The number of halogens is 4. The van der Waals surface area contributed by atoms with Crippen molar-refractivity contribution < 1.29 is 31.2 Å². The van der Waals surface area contributed by atoms with E-state index in [9.17, 15) is 31.7 Å². The number of nitrogens with one attached hydrogen (secondary N) is 1. The van der Waals surface area contributed by atoms with E-state index in [-0.39, 0.29) is 30.2 Å². The van der Waals surface area contributed by atoms with E-state index in [4.69, 9.17) is 21.6 Å². The molecular weight excluding hydrogens is 451 g/mol. The Hall–Kier alpha value is -2.88. The van der Waals surface area contributed by atoms with Crippen molar-refractivity contribution in [1.29, 1.82) is 5.26 Å². The Balaban J connectivity index is 2.00. The highest BCUT2D eigenvalue weighted by atomic mass is 35.5. The number of hydrogen-bond acceptors (Lipinski definition) is 6. The fourth-order valence-electron chi connectivity index (χ4n) is 2.30. The summed E-state index contributed by atoms with van der Waals surface area (Å²) in [5, 5.41) is 19.3. The van der Waals surface area contributed by atoms with Crippen molar-refractivity contribution in [3.8, 4) is 11.8 Å². The summed E-state index contributed by atoms with van der Waals surface area (Å²) in [5.41, 5.74) is -1.77. The van der Waals surface area contributed by atoms with Crippen molar-refractivity contribution in [2.45, 2.75) is 17.5 Å². The quantitative estimate of drug-likeness (QED) is 0.360. The van der Waals surface area contributed by atoms with Gasteiger partial charge in [-0.05, 0) is 30.7 Å². The normalized spacial score (nSPS) is 11.7. The van der Waals surface area contributed by atoms with Crippen LogP contribution in [0.2, 0.25) is 5.02 Å². The molecule has 0 aromatic heterocycles. The van der Waals surface area contributed by atoms with Crippen LogP contribution >= 0.6 is 11.6 Å². The minimum atomic E-state index is -4.73. The SMILES string of the molecule is N#Cc1ccc(OCCCNS(=O)(=O)c2cc([N+](=O)[O-])ccc2Cl)c(C(F)(F)F)c1. The summed E-state index contributed by atoms with van der Waals surface area (Å²) >= 11 is 5.79. The first-order chi connectivity index (χ1) is 14.0. The number of non-ortho nitro benzene ring substituents is 1. The first-order valence-corrected chi connectivity index (χ1v) is 9.99. The second-order valence-corrected chi connectivity index (χ2v) is 7.93. The van der Waals surface area contributed by atoms with Crippen molar-refractivity contribution in [2.75, 3.05) is 13.2 Å². The van der Waals surface area contributed by atoms with Crippen LogP contribution in [0.15, 0.2) is 41.3 Å². The molecule has 0 aliphatic heterocycles. The van der Waals surface area contributed by atoms with Gasteiger partial charge in [0.1, 0.15) is 10.6 Å². The van der Waals surface area contributed by atoms with E-state index in [2.05, 4.69) is 4.72 Å². The molecular formula is C17H13ClF3N3O5S. The predicted molar refractivity (Wildman–Crippen MR) is 99.6 cm³/mol. The molecule has 0 fully saturated rings. The number of alkyl halides is 3. The maximum Gasteiger partial charge on any atom is 0.420 e. The molecule has 0 spiro atoms. The van der Waals surface area contributed by atoms with Crippen molar-refractivity contribution in [1.82, 2.24) is 4.72 Å². The van der Waals surface area contributed by atoms with Crippen LogP contribution in [0.3, 0.4) is 0 Å². The molecule has 160 valence electrons. The second-order valence-electron chi connectivity index (χ2n) is 5.79. The molecule has 0 heterocycles. The molecule has 0 amide bonds. The lowest BCUT2D eigenvalue weighted by Gasteiger charge is -2.14. The van der Waals surface area contributed by atoms with Crippen LogP contribution in [-0.4, -0.2) is 26.5 Å². The maximum absolute atomic E-state index is 13.1. The first kappa shape index (κ1) is 23.4. The minimum Gasteiger partial charge on any atom is -0.493 e. The van der Waals surface area contributed by atoms with Gasteiger partial charge in [0.05, 0.1) is 33.7 Å². The molecule has 0 saturated heterocycles. The van der Waals surface area contributed by atoms with E-state index in [0.717, 1.165) is 30.3 Å². The highest BCUT2D eigenvalue weighted by Crippen LogP contribution is 2.36. The Morgan fingerprint density at radius 2 is 1.93 bits per heavy atom. The molecule has 1 N–H and O–H groups in total. The highest BCUT2D eigenvalue weighted by molar-refractivity contribution is 7.89. The Labute approximate surface area is 174 Å². The molecule has 8 nitrogen and oxygen atoms in total. The third-order valence-corrected chi connectivity index (χ3v) is 5.64. The van der Waals surface area contributed by atoms with Gasteiger partial charge < -0.3 is 4.74 Å². The Morgan fingerprint density at radius 3 is 2.53 bits per heavy atom. The lowest BCUT2D eigenvalue weighted by molar-refractivity contribution is -0.385. The van der Waals surface area contributed by atoms with Crippen LogP contribution in [-0.2, 0) is 16.2 Å². The van der Waals surface area contributed by atoms with Crippen LogP contribution in [0.5, 0.6) is 5.75 Å². The molecule has 0 saturated carbocycles. The molecule has 0 unspecified atom stereocenters. The monoisotopic (exact) mass is 463 g/mol. The highest BCUT2D eigenvalue weighted by Gasteiger charge is 2.34. The van der Waals surface area contributed by atoms with E-state index in [1.165, 1.54) is 0 Å². The maximum atomic E-state index is 13.1. The van der Waals surface area contributed by atoms with Gasteiger partial charge in [-0.3, -0.25) is 10.1 Å². The number of rotatable bonds is 8. The van der Waals surface area contributed by atoms with Crippen LogP contribution in [0.1, 0.15) is 17.5 Å². The van der Waals surface area contributed by atoms with Crippen LogP contribution < -0.4 is 9.46 Å². The van der Waals surface area contributed by atoms with Crippen molar-refractivity contribution in [3.05, 3.63) is 62.7 Å². The average molecular weight is 464 g/mol. The van der Waals surface area contributed by atoms with E-state index >= 15 is 0 Å². The molecule has 30 heavy (non-hydrogen) atoms. The Bertz CT molecular complexity index is 1100. The van der Waals surface area contributed by atoms with Gasteiger partial charge in [-0.15, -0.1) is 0 Å². The zero-order valence-corrected chi connectivity index (χ0v) is 16.5. The number of benzene rings is 2. The van der Waals surface area contributed by atoms with E-state index in [0.29, 0.717) is 6.07 Å². The van der Waals surface area contributed by atoms with Crippen molar-refractivity contribution in [3.63, 3.8) is 0 Å². The predicted octanol–water partition coefficient (Wildman–Crippen LogP) is 3.89. The van der Waals surface area contributed by atoms with Gasteiger partial charge in [0, 0.05) is 18.7 Å². The largest absolute Gasteiger partial charge is 0.493 e. The number of ether oxygens (including phenoxy) is 1. The number of nitro groups is 1. The third kappa shape index (κ3) is 5.82. The average Bonchev–Trinajstić information content (AvgIpc) is 2.67. The van der Waals surface area contributed by atoms with Crippen molar-refractivity contribution in [2.24, 2.45) is 0 Å². The summed E-state index contributed by atoms with van der Waals surface area (Å²) in [6, 6.07) is 7.35. The van der Waals surface area contributed by atoms with Crippen LogP contribution in [0.25, 0.3) is 0 Å². The van der Waals surface area contributed by atoms with E-state index < -0.39 is 43.0 Å². The van der Waals surface area contributed by atoms with Gasteiger partial charge >= 0.3 is 6.18 Å². The summed E-state index contributed by atoms with van der Waals surface area (Å²) in [6.45, 7) is -0.487. The zero-order valence-electron chi connectivity index (χ0n) is 14.9. The lowest BCUT2D eigenvalue weighted by Crippen LogP contribution is -2.26. The molecule has 0 aliphatic rings. The summed E-state index contributed by atoms with van der Waals surface area (Å²) in [6.07, 6.45) is -4.74. The van der Waals surface area contributed by atoms with Gasteiger partial charge in [-0.1, -0.05) is 11.6 Å². The number of nitro benzene ring substituents is 1. The molecule has 0 atom stereocenters. The molecule has 0 radical (unpaired) electrons. The first-order valence-electron chi connectivity index (χ1n) is 8.13. The number of nitrogens with zero attached hydrogens (tertiary/aromatic N) is 2. The van der Waals surface area contributed by atoms with Crippen LogP contribution in [0, 0.1) is 21.4 Å². The molecule has 0 aliphatic carbocycles. The standard InChI is InChI=1S/C17H13ClF3N3O5S/c18-14-4-3-12(24(25)26)9-16(14)30(27,28)23-6-1-7-29-15-5-2-11(10-22)8-13(15)17(19,20)21/h2-5,8-9,23H,1,6-7H2. The number of nitriles is 1. The molecule has 13 heteroatoms. The molecule has 2 rings (SSSR count). The van der Waals surface area contributed by atoms with Crippen LogP contribution in [0.4, 0.5) is 18.9 Å². The van der Waals surface area contributed by atoms with Gasteiger partial charge in [0.15, 0.2) is 0 Å². The smallest absolute Gasteiger partial charge is 0.420 e. The van der Waals surface area contributed by atoms with Gasteiger partial charge in [0.2, 0.25) is 10.0 Å². The summed E-state index contributed by atoms with van der Waals surface area (Å²) in [4.78, 5) is 9.52. The third-order valence-electron chi connectivity index (χ3n) is 3.70. The Kier molecular flexibility index (Phi) is 7.25. The zero-order chi connectivity index (χ0) is 22.5. The van der Waals surface area contributed by atoms with Gasteiger partial charge in [0.25, 0.3) is 5.69 Å². The fourth-order valence-corrected chi connectivity index (χ4v) is 3.89. The van der Waals surface area contributed by atoms with E-state index in [1.807, 2.05) is 0 Å². The topological polar surface area (TPSA) is 122 Å². The number of hydrogen-bond donors (Lipinski definition) is 1. The Morgan fingerprint density at radius 1 is 1.23 bits per heavy atom. The minimum absolute atomic E-state index is 0.0108. The lowest BCUT2D eigenvalue weighted by atomic mass is 10.1. The number of sulfonamides is 1. The van der Waals surface area contributed by atoms with Gasteiger partial charge in [-0.25, -0.2) is 13.1 Å². The summed E-state index contributed by atoms with van der Waals surface area (Å²) in [5.74, 6) is -0.494.